The first-order valence-corrected chi connectivity index (χ1v) is 12.0. The van der Waals surface area contributed by atoms with Gasteiger partial charge in [0.1, 0.15) is 11.9 Å². The molecule has 2 atom stereocenters. The van der Waals surface area contributed by atoms with Gasteiger partial charge in [0, 0.05) is 28.7 Å². The molecule has 4 aromatic rings. The van der Waals surface area contributed by atoms with Crippen molar-refractivity contribution >= 4 is 39.6 Å². The maximum atomic E-state index is 14.1. The van der Waals surface area contributed by atoms with Crippen LogP contribution in [0.5, 0.6) is 0 Å². The summed E-state index contributed by atoms with van der Waals surface area (Å²) in [5, 5.41) is 15.9. The summed E-state index contributed by atoms with van der Waals surface area (Å²) in [7, 11) is 0. The number of nitrogens with zero attached hydrogens (tertiary/aromatic N) is 1. The van der Waals surface area contributed by atoms with Gasteiger partial charge in [0.15, 0.2) is 0 Å². The molecule has 0 bridgehead atoms. The molecule has 6 heteroatoms. The normalized spacial score (nSPS) is 16.5. The molecule has 1 aliphatic carbocycles. The molecule has 3 aromatic carbocycles. The maximum absolute atomic E-state index is 14.1. The van der Waals surface area contributed by atoms with Crippen molar-refractivity contribution in [1.82, 2.24) is 9.88 Å². The van der Waals surface area contributed by atoms with E-state index in [4.69, 9.17) is 0 Å². The van der Waals surface area contributed by atoms with Crippen LogP contribution in [0.3, 0.4) is 0 Å². The molecule has 0 aliphatic heterocycles. The summed E-state index contributed by atoms with van der Waals surface area (Å²) in [6.45, 7) is 1.84. The van der Waals surface area contributed by atoms with Crippen LogP contribution in [0.4, 0.5) is 4.39 Å². The second-order valence-electron chi connectivity index (χ2n) is 9.11. The zero-order valence-electron chi connectivity index (χ0n) is 19.5. The summed E-state index contributed by atoms with van der Waals surface area (Å²) in [6, 6.07) is 17.8. The fraction of sp³-hybridized carbons (Fsp3) is 0.241. The third-order valence-corrected chi connectivity index (χ3v) is 6.89. The Morgan fingerprint density at radius 1 is 1.14 bits per heavy atom. The summed E-state index contributed by atoms with van der Waals surface area (Å²) < 4.78 is 16.0. The fourth-order valence-corrected chi connectivity index (χ4v) is 5.24. The Labute approximate surface area is 202 Å². The van der Waals surface area contributed by atoms with E-state index in [2.05, 4.69) is 11.4 Å². The smallest absolute Gasteiger partial charge is 0.326 e. The predicted octanol–water partition coefficient (Wildman–Crippen LogP) is 5.66. The van der Waals surface area contributed by atoms with E-state index < -0.39 is 12.0 Å². The van der Waals surface area contributed by atoms with Gasteiger partial charge in [-0.2, -0.15) is 0 Å². The molecule has 0 radical (unpaired) electrons. The van der Waals surface area contributed by atoms with Gasteiger partial charge in [0.2, 0.25) is 5.91 Å². The molecule has 0 saturated heterocycles. The first-order chi connectivity index (χ1) is 16.9. The quantitative estimate of drug-likeness (QED) is 0.358. The number of hydrogen-bond acceptors (Lipinski definition) is 2. The zero-order chi connectivity index (χ0) is 24.5. The number of carbonyl (C=O) groups is 2. The summed E-state index contributed by atoms with van der Waals surface area (Å²) >= 11 is 0. The van der Waals surface area contributed by atoms with E-state index in [1.807, 2.05) is 47.9 Å². The van der Waals surface area contributed by atoms with Crippen molar-refractivity contribution in [3.63, 3.8) is 0 Å². The molecule has 2 N–H and O–H groups in total. The van der Waals surface area contributed by atoms with Gasteiger partial charge in [-0.15, -0.1) is 0 Å². The first kappa shape index (κ1) is 22.8. The number of nitrogens with one attached hydrogen (secondary N) is 1. The summed E-state index contributed by atoms with van der Waals surface area (Å²) in [5.74, 6) is -1.44. The van der Waals surface area contributed by atoms with Crippen molar-refractivity contribution in [1.29, 1.82) is 0 Å². The van der Waals surface area contributed by atoms with Crippen molar-refractivity contribution in [3.8, 4) is 0 Å². The maximum Gasteiger partial charge on any atom is 0.326 e. The minimum absolute atomic E-state index is 0.108. The molecule has 0 saturated carbocycles. The molecule has 1 amide bonds. The number of carboxylic acid groups (broad SMARTS) is 1. The molecule has 5 rings (SSSR count). The van der Waals surface area contributed by atoms with Crippen LogP contribution in [0, 0.1) is 5.82 Å². The molecule has 1 aliphatic rings. The zero-order valence-corrected chi connectivity index (χ0v) is 19.5. The van der Waals surface area contributed by atoms with E-state index in [0.29, 0.717) is 25.7 Å². The number of aliphatic carboxylic acids is 1. The number of hydrogen-bond donors (Lipinski definition) is 2. The highest BCUT2D eigenvalue weighted by molar-refractivity contribution is 5.93. The van der Waals surface area contributed by atoms with Crippen LogP contribution in [0.1, 0.15) is 42.6 Å². The number of aromatic nitrogens is 1. The highest BCUT2D eigenvalue weighted by Gasteiger charge is 2.30. The van der Waals surface area contributed by atoms with Crippen LogP contribution in [0.25, 0.3) is 27.8 Å². The molecule has 0 spiro atoms. The standard InChI is InChI=1S/C29H27FN2O3/c1-2-25(29(34)35)32-26-12-10-21(30)16-23(26)24-17-22(11-13-27(24)32)31-28(33)14-8-18-7-9-19-5-3-4-6-20(19)15-18/h3-10,12,14-16,22,25H,2,11,13,17H2,1H3,(H,31,33)(H,34,35)/t22-,25?/m0/s1. The lowest BCUT2D eigenvalue weighted by Gasteiger charge is -2.26. The third kappa shape index (κ3) is 4.44. The predicted molar refractivity (Wildman–Crippen MR) is 136 cm³/mol. The van der Waals surface area contributed by atoms with Gasteiger partial charge in [-0.05, 0) is 77.9 Å². The van der Waals surface area contributed by atoms with Crippen molar-refractivity contribution in [2.24, 2.45) is 0 Å². The first-order valence-electron chi connectivity index (χ1n) is 12.0. The second kappa shape index (κ2) is 9.37. The van der Waals surface area contributed by atoms with Crippen molar-refractivity contribution in [2.45, 2.75) is 44.7 Å². The van der Waals surface area contributed by atoms with Gasteiger partial charge in [-0.1, -0.05) is 43.3 Å². The lowest BCUT2D eigenvalue weighted by atomic mass is 9.91. The van der Waals surface area contributed by atoms with Gasteiger partial charge < -0.3 is 15.0 Å². The number of benzene rings is 3. The van der Waals surface area contributed by atoms with Crippen LogP contribution in [0.2, 0.25) is 0 Å². The van der Waals surface area contributed by atoms with Crippen LogP contribution >= 0.6 is 0 Å². The summed E-state index contributed by atoms with van der Waals surface area (Å²) in [6.07, 6.45) is 5.62. The number of carbonyl (C=O) groups excluding carboxylic acids is 1. The Hall–Kier alpha value is -3.93. The van der Waals surface area contributed by atoms with Crippen LogP contribution < -0.4 is 5.32 Å². The van der Waals surface area contributed by atoms with E-state index in [9.17, 15) is 19.1 Å². The number of rotatable bonds is 6. The Kier molecular flexibility index (Phi) is 6.12. The van der Waals surface area contributed by atoms with Gasteiger partial charge >= 0.3 is 5.97 Å². The van der Waals surface area contributed by atoms with E-state index in [-0.39, 0.29) is 17.8 Å². The molecule has 1 unspecified atom stereocenters. The number of carboxylic acids is 1. The number of amides is 1. The van der Waals surface area contributed by atoms with E-state index in [0.717, 1.165) is 38.5 Å². The largest absolute Gasteiger partial charge is 0.480 e. The van der Waals surface area contributed by atoms with Crippen molar-refractivity contribution in [2.75, 3.05) is 0 Å². The number of fused-ring (bicyclic) bond motifs is 4. The van der Waals surface area contributed by atoms with Gasteiger partial charge in [-0.3, -0.25) is 4.79 Å². The van der Waals surface area contributed by atoms with Gasteiger partial charge in [0.05, 0.1) is 0 Å². The summed E-state index contributed by atoms with van der Waals surface area (Å²) in [4.78, 5) is 24.6. The van der Waals surface area contributed by atoms with Crippen LogP contribution in [0.15, 0.2) is 66.7 Å². The van der Waals surface area contributed by atoms with Crippen molar-refractivity contribution < 1.29 is 19.1 Å². The second-order valence-corrected chi connectivity index (χ2v) is 9.11. The Bertz CT molecular complexity index is 1470. The Balaban J connectivity index is 1.37. The van der Waals surface area contributed by atoms with Crippen LogP contribution in [-0.4, -0.2) is 27.6 Å². The number of halogens is 1. The van der Waals surface area contributed by atoms with Crippen molar-refractivity contribution in [3.05, 3.63) is 89.4 Å². The highest BCUT2D eigenvalue weighted by atomic mass is 19.1. The average molecular weight is 471 g/mol. The minimum Gasteiger partial charge on any atom is -0.480 e. The van der Waals surface area contributed by atoms with Gasteiger partial charge in [0.25, 0.3) is 0 Å². The molecule has 1 aromatic heterocycles. The minimum atomic E-state index is -0.897. The van der Waals surface area contributed by atoms with E-state index in [1.54, 1.807) is 18.2 Å². The van der Waals surface area contributed by atoms with E-state index in [1.165, 1.54) is 12.1 Å². The van der Waals surface area contributed by atoms with Gasteiger partial charge in [-0.25, -0.2) is 9.18 Å². The molecule has 35 heavy (non-hydrogen) atoms. The average Bonchev–Trinajstić information content (AvgIpc) is 3.15. The molecular weight excluding hydrogens is 443 g/mol. The summed E-state index contributed by atoms with van der Waals surface area (Å²) in [5.41, 5.74) is 3.53. The molecule has 5 nitrogen and oxygen atoms in total. The lowest BCUT2D eigenvalue weighted by molar-refractivity contribution is -0.140. The molecule has 0 fully saturated rings. The topological polar surface area (TPSA) is 71.3 Å². The third-order valence-electron chi connectivity index (χ3n) is 6.89. The lowest BCUT2D eigenvalue weighted by Crippen LogP contribution is -2.38. The Morgan fingerprint density at radius 3 is 2.71 bits per heavy atom. The van der Waals surface area contributed by atoms with E-state index >= 15 is 0 Å². The monoisotopic (exact) mass is 470 g/mol. The SMILES string of the molecule is CCC(C(=O)O)n1c2c(c3cc(F)ccc31)C[C@@H](NC(=O)C=Cc1ccc3ccccc3c1)CC2. The molecular formula is C29H27FN2O3. The highest BCUT2D eigenvalue weighted by Crippen LogP contribution is 2.36. The van der Waals surface area contributed by atoms with Crippen LogP contribution in [-0.2, 0) is 22.4 Å². The Morgan fingerprint density at radius 2 is 1.94 bits per heavy atom. The molecule has 178 valence electrons. The fourth-order valence-electron chi connectivity index (χ4n) is 5.24. The molecule has 1 heterocycles.